The molecule has 9 heteroatoms. The topological polar surface area (TPSA) is 52.7 Å². The summed E-state index contributed by atoms with van der Waals surface area (Å²) in [6.07, 6.45) is 2.05. The molecule has 0 saturated carbocycles. The van der Waals surface area contributed by atoms with Crippen LogP contribution in [0, 0.1) is 5.82 Å². The van der Waals surface area contributed by atoms with Crippen LogP contribution in [0.4, 0.5) is 21.5 Å². The molecule has 3 aromatic carbocycles. The van der Waals surface area contributed by atoms with Gasteiger partial charge in [0.1, 0.15) is 12.0 Å². The van der Waals surface area contributed by atoms with Crippen LogP contribution < -0.4 is 14.5 Å². The summed E-state index contributed by atoms with van der Waals surface area (Å²) in [5.74, 6) is -0.272. The predicted molar refractivity (Wildman–Crippen MR) is 127 cm³/mol. The highest BCUT2D eigenvalue weighted by Crippen LogP contribution is 2.46. The van der Waals surface area contributed by atoms with Gasteiger partial charge in [0.15, 0.2) is 0 Å². The fraction of sp³-hybridized carbons (Fsp3) is 0.217. The van der Waals surface area contributed by atoms with Crippen molar-refractivity contribution in [3.8, 4) is 0 Å². The number of halogens is 3. The third kappa shape index (κ3) is 3.78. The Labute approximate surface area is 196 Å². The normalized spacial score (nSPS) is 17.4. The molecule has 1 atom stereocenters. The molecule has 166 valence electrons. The van der Waals surface area contributed by atoms with E-state index in [1.165, 1.54) is 18.2 Å². The molecule has 1 saturated heterocycles. The van der Waals surface area contributed by atoms with Gasteiger partial charge in [0.25, 0.3) is 10.0 Å². The fourth-order valence-electron chi connectivity index (χ4n) is 4.44. The second-order valence-corrected chi connectivity index (χ2v) is 10.4. The van der Waals surface area contributed by atoms with Crippen molar-refractivity contribution in [2.24, 2.45) is 0 Å². The Morgan fingerprint density at radius 2 is 1.84 bits per heavy atom. The maximum atomic E-state index is 14.4. The Morgan fingerprint density at radius 3 is 2.66 bits per heavy atom. The van der Waals surface area contributed by atoms with Gasteiger partial charge in [-0.3, -0.25) is 4.72 Å². The largest absolute Gasteiger partial charge is 0.349 e. The van der Waals surface area contributed by atoms with Crippen molar-refractivity contribution >= 4 is 50.3 Å². The van der Waals surface area contributed by atoms with E-state index in [-0.39, 0.29) is 27.6 Å². The minimum Gasteiger partial charge on any atom is -0.349 e. The average Bonchev–Trinajstić information content (AvgIpc) is 3.34. The Hall–Kier alpha value is -2.48. The Bertz CT molecular complexity index is 1300. The summed E-state index contributed by atoms with van der Waals surface area (Å²) in [4.78, 5) is 4.45. The van der Waals surface area contributed by atoms with Gasteiger partial charge in [-0.2, -0.15) is 0 Å². The Balaban J connectivity index is 1.52. The summed E-state index contributed by atoms with van der Waals surface area (Å²) in [6.45, 7) is 1.24. The molecule has 5 nitrogen and oxygen atoms in total. The molecule has 0 bridgehead atoms. The molecular weight excluding hydrogens is 472 g/mol. The fourth-order valence-corrected chi connectivity index (χ4v) is 5.92. The minimum absolute atomic E-state index is 0.0814. The van der Waals surface area contributed by atoms with Crippen LogP contribution in [-0.4, -0.2) is 21.1 Å². The van der Waals surface area contributed by atoms with E-state index in [2.05, 4.69) is 14.5 Å². The van der Waals surface area contributed by atoms with Crippen LogP contribution in [0.1, 0.15) is 18.4 Å². The molecule has 2 aliphatic rings. The number of rotatable bonds is 5. The van der Waals surface area contributed by atoms with E-state index in [0.29, 0.717) is 17.1 Å². The van der Waals surface area contributed by atoms with E-state index < -0.39 is 10.0 Å². The van der Waals surface area contributed by atoms with Crippen LogP contribution in [0.2, 0.25) is 10.0 Å². The van der Waals surface area contributed by atoms with Crippen molar-refractivity contribution < 1.29 is 12.8 Å². The van der Waals surface area contributed by atoms with Gasteiger partial charge in [0.05, 0.1) is 27.0 Å². The molecule has 1 N–H and O–H groups in total. The van der Waals surface area contributed by atoms with Crippen molar-refractivity contribution in [2.75, 3.05) is 21.1 Å². The zero-order chi connectivity index (χ0) is 22.5. The molecule has 0 spiro atoms. The number of nitrogens with zero attached hydrogens (tertiary/aromatic N) is 2. The molecule has 2 heterocycles. The molecule has 0 aromatic heterocycles. The highest BCUT2D eigenvalue weighted by atomic mass is 35.5. The summed E-state index contributed by atoms with van der Waals surface area (Å²) in [5, 5.41) is 0.624. The van der Waals surface area contributed by atoms with Crippen molar-refractivity contribution in [1.82, 2.24) is 0 Å². The number of anilines is 3. The van der Waals surface area contributed by atoms with Gasteiger partial charge in [0, 0.05) is 23.7 Å². The molecule has 1 fully saturated rings. The van der Waals surface area contributed by atoms with E-state index >= 15 is 0 Å². The highest BCUT2D eigenvalue weighted by molar-refractivity contribution is 7.92. The van der Waals surface area contributed by atoms with Crippen molar-refractivity contribution in [3.05, 3.63) is 82.1 Å². The Morgan fingerprint density at radius 1 is 1.03 bits per heavy atom. The number of hydrogen-bond acceptors (Lipinski definition) is 4. The van der Waals surface area contributed by atoms with Gasteiger partial charge in [-0.15, -0.1) is 0 Å². The maximum Gasteiger partial charge on any atom is 0.262 e. The van der Waals surface area contributed by atoms with Crippen molar-refractivity contribution in [3.63, 3.8) is 0 Å². The summed E-state index contributed by atoms with van der Waals surface area (Å²) >= 11 is 12.1. The van der Waals surface area contributed by atoms with Crippen LogP contribution in [0.25, 0.3) is 0 Å². The second-order valence-electron chi connectivity index (χ2n) is 7.92. The van der Waals surface area contributed by atoms with E-state index in [4.69, 9.17) is 23.2 Å². The zero-order valence-corrected chi connectivity index (χ0v) is 19.3. The lowest BCUT2D eigenvalue weighted by molar-refractivity contribution is 0.583. The number of hydrogen-bond donors (Lipinski definition) is 1. The minimum atomic E-state index is -3.91. The summed E-state index contributed by atoms with van der Waals surface area (Å²) in [5.41, 5.74) is 2.52. The van der Waals surface area contributed by atoms with Crippen molar-refractivity contribution in [2.45, 2.75) is 30.4 Å². The highest BCUT2D eigenvalue weighted by Gasteiger charge is 2.39. The van der Waals surface area contributed by atoms with Crippen LogP contribution >= 0.6 is 23.2 Å². The number of sulfonamides is 1. The standard InChI is InChI=1S/C23H20Cl2FN3O2S/c24-16-7-9-18(25)20(12-16)27-32(30,31)17-8-10-21-22(13-17)29(23-6-3-11-28(21)23)14-15-4-1-2-5-19(15)26/h1-2,4-5,7-10,12-13,23,27H,3,6,11,14H2/t23-/m1/s1. The lowest BCUT2D eigenvalue weighted by atomic mass is 10.1. The van der Waals surface area contributed by atoms with E-state index in [1.807, 2.05) is 6.07 Å². The monoisotopic (exact) mass is 491 g/mol. The molecule has 0 aliphatic carbocycles. The third-order valence-electron chi connectivity index (χ3n) is 5.93. The predicted octanol–water partition coefficient (Wildman–Crippen LogP) is 5.88. The molecule has 0 amide bonds. The summed E-state index contributed by atoms with van der Waals surface area (Å²) in [7, 11) is -3.91. The molecule has 3 aromatic rings. The summed E-state index contributed by atoms with van der Waals surface area (Å²) in [6, 6.07) is 16.3. The lowest BCUT2D eigenvalue weighted by Crippen LogP contribution is -2.38. The van der Waals surface area contributed by atoms with Crippen LogP contribution in [0.5, 0.6) is 0 Å². The molecule has 2 aliphatic heterocycles. The quantitative estimate of drug-likeness (QED) is 0.484. The lowest BCUT2D eigenvalue weighted by Gasteiger charge is -2.27. The summed E-state index contributed by atoms with van der Waals surface area (Å²) < 4.78 is 43.1. The zero-order valence-electron chi connectivity index (χ0n) is 16.9. The first-order chi connectivity index (χ1) is 15.3. The van der Waals surface area contributed by atoms with Crippen LogP contribution in [-0.2, 0) is 16.6 Å². The number of nitrogens with one attached hydrogen (secondary N) is 1. The first-order valence-electron chi connectivity index (χ1n) is 10.2. The first-order valence-corrected chi connectivity index (χ1v) is 12.5. The first kappa shape index (κ1) is 21.4. The molecule has 0 radical (unpaired) electrons. The maximum absolute atomic E-state index is 14.4. The molecular formula is C23H20Cl2FN3O2S. The average molecular weight is 492 g/mol. The molecule has 5 rings (SSSR count). The molecule has 0 unspecified atom stereocenters. The van der Waals surface area contributed by atoms with Gasteiger partial charge in [-0.1, -0.05) is 41.4 Å². The smallest absolute Gasteiger partial charge is 0.262 e. The Kier molecular flexibility index (Phi) is 5.43. The van der Waals surface area contributed by atoms with Crippen molar-refractivity contribution in [1.29, 1.82) is 0 Å². The van der Waals surface area contributed by atoms with E-state index in [0.717, 1.165) is 30.8 Å². The van der Waals surface area contributed by atoms with Crippen LogP contribution in [0.3, 0.4) is 0 Å². The van der Waals surface area contributed by atoms with Gasteiger partial charge in [-0.05, 0) is 55.3 Å². The SMILES string of the molecule is O=S(=O)(Nc1cc(Cl)ccc1Cl)c1ccc2c(c1)N(Cc1ccccc1F)[C@@H]1CCCN21. The van der Waals surface area contributed by atoms with E-state index in [1.54, 1.807) is 36.4 Å². The third-order valence-corrected chi connectivity index (χ3v) is 7.86. The molecule has 32 heavy (non-hydrogen) atoms. The van der Waals surface area contributed by atoms with Gasteiger partial charge in [0.2, 0.25) is 0 Å². The second kappa shape index (κ2) is 8.14. The van der Waals surface area contributed by atoms with Gasteiger partial charge in [-0.25, -0.2) is 12.8 Å². The van der Waals surface area contributed by atoms with Gasteiger partial charge < -0.3 is 9.80 Å². The number of fused-ring (bicyclic) bond motifs is 3. The van der Waals surface area contributed by atoms with Crippen LogP contribution in [0.15, 0.2) is 65.6 Å². The number of benzene rings is 3. The van der Waals surface area contributed by atoms with Gasteiger partial charge >= 0.3 is 0 Å². The van der Waals surface area contributed by atoms with E-state index in [9.17, 15) is 12.8 Å².